The number of nitrogens with two attached hydrogens (primary N) is 1. The first-order valence-corrected chi connectivity index (χ1v) is 22.3. The summed E-state index contributed by atoms with van der Waals surface area (Å²) in [5, 5.41) is 3.64. The molecule has 1 unspecified atom stereocenters. The molecule has 3 aromatic heterocycles. The van der Waals surface area contributed by atoms with Gasteiger partial charge in [-0.05, 0) is 112 Å². The molecule has 2 N–H and O–H groups in total. The molecule has 0 aliphatic heterocycles. The van der Waals surface area contributed by atoms with Crippen LogP contribution in [0.25, 0.3) is 88.7 Å². The maximum atomic E-state index is 7.25. The van der Waals surface area contributed by atoms with Crippen molar-refractivity contribution in [1.29, 1.82) is 0 Å². The molecule has 0 radical (unpaired) electrons. The van der Waals surface area contributed by atoms with Crippen LogP contribution in [-0.4, -0.2) is 14.1 Å². The first-order chi connectivity index (χ1) is 32.2. The quantitative estimate of drug-likeness (QED) is 0.155. The summed E-state index contributed by atoms with van der Waals surface area (Å²) in [6.45, 7) is 2.02. The van der Waals surface area contributed by atoms with Gasteiger partial charge in [-0.2, -0.15) is 0 Å². The molecule has 1 atom stereocenters. The fourth-order valence-electron chi connectivity index (χ4n) is 10.6. The summed E-state index contributed by atoms with van der Waals surface area (Å²) in [5.41, 5.74) is 25.6. The lowest BCUT2D eigenvalue weighted by Crippen LogP contribution is -2.34. The molecule has 11 aromatic rings. The number of pyridine rings is 1. The Morgan fingerprint density at radius 2 is 1.06 bits per heavy atom. The zero-order valence-corrected chi connectivity index (χ0v) is 35.9. The second-order valence-corrected chi connectivity index (χ2v) is 16.8. The molecule has 308 valence electrons. The van der Waals surface area contributed by atoms with Crippen LogP contribution < -0.4 is 5.73 Å². The largest absolute Gasteiger partial charge is 0.401 e. The number of allylic oxidation sites excluding steroid dienone is 4. The minimum absolute atomic E-state index is 0.738. The van der Waals surface area contributed by atoms with E-state index in [0.29, 0.717) is 0 Å². The number of para-hydroxylation sites is 2. The van der Waals surface area contributed by atoms with Crippen molar-refractivity contribution < 1.29 is 0 Å². The van der Waals surface area contributed by atoms with Crippen LogP contribution in [-0.2, 0) is 5.41 Å². The van der Waals surface area contributed by atoms with Gasteiger partial charge in [-0.3, -0.25) is 4.98 Å². The zero-order chi connectivity index (χ0) is 43.5. The molecule has 0 saturated heterocycles. The Morgan fingerprint density at radius 1 is 0.477 bits per heavy atom. The molecule has 0 amide bonds. The first kappa shape index (κ1) is 38.2. The number of aromatic nitrogens is 3. The molecule has 1 aliphatic rings. The van der Waals surface area contributed by atoms with Gasteiger partial charge in [-0.15, -0.1) is 0 Å². The highest BCUT2D eigenvalue weighted by atomic mass is 15.0. The van der Waals surface area contributed by atoms with Gasteiger partial charge < -0.3 is 14.9 Å². The zero-order valence-electron chi connectivity index (χ0n) is 35.9. The van der Waals surface area contributed by atoms with Crippen molar-refractivity contribution in [2.24, 2.45) is 5.73 Å². The second-order valence-electron chi connectivity index (χ2n) is 16.8. The topological polar surface area (TPSA) is 48.8 Å². The van der Waals surface area contributed by atoms with Gasteiger partial charge >= 0.3 is 0 Å². The van der Waals surface area contributed by atoms with Gasteiger partial charge in [0.2, 0.25) is 0 Å². The molecule has 0 fully saturated rings. The molecule has 0 saturated carbocycles. The third-order valence-corrected chi connectivity index (χ3v) is 13.4. The molecule has 1 aliphatic carbocycles. The molecule has 12 rings (SSSR count). The molecule has 4 nitrogen and oxygen atoms in total. The van der Waals surface area contributed by atoms with Crippen molar-refractivity contribution in [2.45, 2.75) is 12.3 Å². The van der Waals surface area contributed by atoms with Crippen LogP contribution in [0.3, 0.4) is 0 Å². The standard InChI is InChI=1S/C61H44N4/c1-2-3-28-55(62)61(56-29-16-17-40-63-56)50-25-13-10-22-47(50)58-51(61)38-39-54-59(58)49-24-12-14-26-52(49)64(54)45-34-30-41(31-35-45)42-32-36-46(37-33-42)65-53-27-15-11-23-48(53)57(43-18-6-4-7-19-43)60(65)44-20-8-5-9-21-44/h2-40H,62H2,1H3. The number of rotatable bonds is 8. The van der Waals surface area contributed by atoms with Crippen molar-refractivity contribution in [3.63, 3.8) is 0 Å². The summed E-state index contributed by atoms with van der Waals surface area (Å²) >= 11 is 0. The van der Waals surface area contributed by atoms with Crippen LogP contribution in [0.4, 0.5) is 0 Å². The van der Waals surface area contributed by atoms with E-state index in [9.17, 15) is 0 Å². The summed E-state index contributed by atoms with van der Waals surface area (Å²) in [6, 6.07) is 76.5. The molecule has 0 bridgehead atoms. The highest BCUT2D eigenvalue weighted by molar-refractivity contribution is 6.18. The lowest BCUT2D eigenvalue weighted by molar-refractivity contribution is 0.706. The molecule has 4 heteroatoms. The second kappa shape index (κ2) is 15.4. The lowest BCUT2D eigenvalue weighted by atomic mass is 9.72. The average molecular weight is 833 g/mol. The van der Waals surface area contributed by atoms with Crippen LogP contribution in [0.1, 0.15) is 23.7 Å². The Balaban J connectivity index is 0.980. The van der Waals surface area contributed by atoms with E-state index in [1.54, 1.807) is 0 Å². The van der Waals surface area contributed by atoms with Crippen molar-refractivity contribution in [1.82, 2.24) is 14.1 Å². The van der Waals surface area contributed by atoms with E-state index in [-0.39, 0.29) is 0 Å². The highest BCUT2D eigenvalue weighted by Crippen LogP contribution is 2.58. The molecular formula is C61H44N4. The van der Waals surface area contributed by atoms with Crippen LogP contribution in [0, 0.1) is 0 Å². The Hall–Kier alpha value is -8.47. The van der Waals surface area contributed by atoms with E-state index < -0.39 is 5.41 Å². The van der Waals surface area contributed by atoms with E-state index in [2.05, 4.69) is 215 Å². The molecule has 65 heavy (non-hydrogen) atoms. The van der Waals surface area contributed by atoms with Crippen molar-refractivity contribution >= 4 is 32.7 Å². The average Bonchev–Trinajstić information content (AvgIpc) is 4.01. The van der Waals surface area contributed by atoms with E-state index >= 15 is 0 Å². The SMILES string of the molecule is CC=CC=C(N)C1(c2ccccn2)c2ccccc2-c2c1ccc1c2c2ccccc2n1-c1ccc(-c2ccc(-n3c(-c4ccccc4)c(-c4ccccc4)c4ccccc43)cc2)cc1. The summed E-state index contributed by atoms with van der Waals surface area (Å²) in [6.07, 6.45) is 7.95. The van der Waals surface area contributed by atoms with Crippen LogP contribution >= 0.6 is 0 Å². The van der Waals surface area contributed by atoms with Gasteiger partial charge in [0.15, 0.2) is 0 Å². The van der Waals surface area contributed by atoms with Crippen molar-refractivity contribution in [3.8, 4) is 56.0 Å². The highest BCUT2D eigenvalue weighted by Gasteiger charge is 2.48. The van der Waals surface area contributed by atoms with Gasteiger partial charge in [0.05, 0.1) is 27.9 Å². The maximum absolute atomic E-state index is 7.25. The number of hydrogen-bond donors (Lipinski definition) is 1. The third kappa shape index (κ3) is 5.81. The van der Waals surface area contributed by atoms with E-state index in [0.717, 1.165) is 56.1 Å². The number of nitrogens with zero attached hydrogens (tertiary/aromatic N) is 3. The minimum atomic E-state index is -0.761. The third-order valence-electron chi connectivity index (χ3n) is 13.4. The predicted molar refractivity (Wildman–Crippen MR) is 271 cm³/mol. The smallest absolute Gasteiger partial charge is 0.103 e. The summed E-state index contributed by atoms with van der Waals surface area (Å²) in [5.74, 6) is 0. The Labute approximate surface area is 378 Å². The van der Waals surface area contributed by atoms with E-state index in [1.165, 1.54) is 55.2 Å². The molecular weight excluding hydrogens is 789 g/mol. The van der Waals surface area contributed by atoms with Gasteiger partial charge in [-0.25, -0.2) is 0 Å². The number of benzene rings is 8. The summed E-state index contributed by atoms with van der Waals surface area (Å²) in [7, 11) is 0. The van der Waals surface area contributed by atoms with Crippen molar-refractivity contribution in [2.75, 3.05) is 0 Å². The van der Waals surface area contributed by atoms with E-state index in [1.807, 2.05) is 37.4 Å². The predicted octanol–water partition coefficient (Wildman–Crippen LogP) is 14.9. The van der Waals surface area contributed by atoms with Crippen LogP contribution in [0.15, 0.2) is 242 Å². The van der Waals surface area contributed by atoms with Gasteiger partial charge in [0.1, 0.15) is 5.41 Å². The van der Waals surface area contributed by atoms with Gasteiger partial charge in [0.25, 0.3) is 0 Å². The Bertz CT molecular complexity index is 3630. The monoisotopic (exact) mass is 832 g/mol. The van der Waals surface area contributed by atoms with Gasteiger partial charge in [0, 0.05) is 45.0 Å². The summed E-state index contributed by atoms with van der Waals surface area (Å²) in [4.78, 5) is 5.00. The fourth-order valence-corrected chi connectivity index (χ4v) is 10.6. The van der Waals surface area contributed by atoms with Crippen LogP contribution in [0.5, 0.6) is 0 Å². The van der Waals surface area contributed by atoms with Crippen LogP contribution in [0.2, 0.25) is 0 Å². The van der Waals surface area contributed by atoms with Crippen molar-refractivity contribution in [3.05, 3.63) is 259 Å². The summed E-state index contributed by atoms with van der Waals surface area (Å²) < 4.78 is 4.83. The lowest BCUT2D eigenvalue weighted by Gasteiger charge is -2.32. The molecule has 3 heterocycles. The maximum Gasteiger partial charge on any atom is 0.103 e. The Morgan fingerprint density at radius 3 is 1.74 bits per heavy atom. The van der Waals surface area contributed by atoms with Gasteiger partial charge in [-0.1, -0.05) is 170 Å². The number of hydrogen-bond acceptors (Lipinski definition) is 2. The first-order valence-electron chi connectivity index (χ1n) is 22.3. The number of fused-ring (bicyclic) bond motifs is 8. The Kier molecular flexibility index (Phi) is 9.06. The van der Waals surface area contributed by atoms with E-state index in [4.69, 9.17) is 10.7 Å². The molecule has 8 aromatic carbocycles. The normalized spacial score (nSPS) is 14.7. The fraction of sp³-hybridized carbons (Fsp3) is 0.0328. The minimum Gasteiger partial charge on any atom is -0.401 e. The molecule has 0 spiro atoms.